The van der Waals surface area contributed by atoms with Gasteiger partial charge < -0.3 is 5.32 Å². The van der Waals surface area contributed by atoms with Crippen LogP contribution in [0.2, 0.25) is 0 Å². The number of hydrogen-bond acceptors (Lipinski definition) is 3. The fraction of sp³-hybridized carbons (Fsp3) is 0.240. The number of sulfonamides is 1. The third-order valence-corrected chi connectivity index (χ3v) is 7.17. The molecule has 3 aromatic rings. The van der Waals surface area contributed by atoms with Crippen LogP contribution in [0.5, 0.6) is 0 Å². The van der Waals surface area contributed by atoms with Crippen molar-refractivity contribution in [3.63, 3.8) is 0 Å². The number of hydrogen-bond donors (Lipinski definition) is 1. The molecule has 1 N–H and O–H groups in total. The first-order valence-corrected chi connectivity index (χ1v) is 11.8. The van der Waals surface area contributed by atoms with E-state index in [1.807, 2.05) is 51.1 Å². The lowest BCUT2D eigenvalue weighted by atomic mass is 10.1. The summed E-state index contributed by atoms with van der Waals surface area (Å²) in [5.74, 6) is -0.164. The molecule has 0 aliphatic heterocycles. The van der Waals surface area contributed by atoms with Crippen molar-refractivity contribution in [1.82, 2.24) is 9.62 Å². The maximum absolute atomic E-state index is 13.0. The summed E-state index contributed by atoms with van der Waals surface area (Å²) < 4.78 is 27.4. The molecule has 0 aliphatic carbocycles. The van der Waals surface area contributed by atoms with E-state index >= 15 is 0 Å². The van der Waals surface area contributed by atoms with Gasteiger partial charge in [0, 0.05) is 18.7 Å². The van der Waals surface area contributed by atoms with Crippen molar-refractivity contribution in [3.05, 3.63) is 101 Å². The fourth-order valence-electron chi connectivity index (χ4n) is 3.30. The van der Waals surface area contributed by atoms with Crippen LogP contribution < -0.4 is 5.32 Å². The minimum Gasteiger partial charge on any atom is -0.346 e. The van der Waals surface area contributed by atoms with E-state index in [1.165, 1.54) is 4.31 Å². The minimum atomic E-state index is -3.59. The van der Waals surface area contributed by atoms with Gasteiger partial charge in [0.2, 0.25) is 10.0 Å². The highest BCUT2D eigenvalue weighted by Gasteiger charge is 2.23. The highest BCUT2D eigenvalue weighted by Crippen LogP contribution is 2.19. The first kappa shape index (κ1) is 22.7. The van der Waals surface area contributed by atoms with E-state index < -0.39 is 10.0 Å². The molecule has 1 atom stereocenters. The van der Waals surface area contributed by atoms with Crippen LogP contribution in [0.4, 0.5) is 0 Å². The lowest BCUT2D eigenvalue weighted by molar-refractivity contribution is 0.0940. The van der Waals surface area contributed by atoms with Gasteiger partial charge >= 0.3 is 0 Å². The summed E-state index contributed by atoms with van der Waals surface area (Å²) >= 11 is 0. The van der Waals surface area contributed by atoms with Crippen molar-refractivity contribution in [1.29, 1.82) is 0 Å². The Morgan fingerprint density at radius 1 is 0.935 bits per heavy atom. The summed E-state index contributed by atoms with van der Waals surface area (Å²) in [5, 5.41) is 2.99. The number of aryl methyl sites for hydroxylation is 1. The molecular weight excluding hydrogens is 408 g/mol. The molecule has 0 saturated carbocycles. The van der Waals surface area contributed by atoms with Gasteiger partial charge in [0.05, 0.1) is 10.9 Å². The Labute approximate surface area is 184 Å². The molecule has 5 nitrogen and oxygen atoms in total. The van der Waals surface area contributed by atoms with E-state index in [-0.39, 0.29) is 23.4 Å². The number of nitrogens with zero attached hydrogens (tertiary/aromatic N) is 1. The molecule has 0 aromatic heterocycles. The molecular formula is C25H28N2O3S. The lowest BCUT2D eigenvalue weighted by Crippen LogP contribution is -2.30. The van der Waals surface area contributed by atoms with Gasteiger partial charge in [0.1, 0.15) is 0 Å². The normalized spacial score (nSPS) is 12.5. The molecule has 1 amide bonds. The van der Waals surface area contributed by atoms with E-state index in [0.717, 1.165) is 16.7 Å². The van der Waals surface area contributed by atoms with Crippen LogP contribution in [0.3, 0.4) is 0 Å². The second kappa shape index (κ2) is 9.90. The molecule has 0 aliphatic rings. The second-order valence-electron chi connectivity index (χ2n) is 7.55. The highest BCUT2D eigenvalue weighted by molar-refractivity contribution is 7.89. The predicted octanol–water partition coefficient (Wildman–Crippen LogP) is 4.70. The summed E-state index contributed by atoms with van der Waals surface area (Å²) in [6.07, 6.45) is 0. The van der Waals surface area contributed by atoms with Gasteiger partial charge in [-0.1, -0.05) is 67.1 Å². The Morgan fingerprint density at radius 2 is 1.55 bits per heavy atom. The smallest absolute Gasteiger partial charge is 0.251 e. The van der Waals surface area contributed by atoms with Crippen molar-refractivity contribution >= 4 is 15.9 Å². The van der Waals surface area contributed by atoms with Crippen LogP contribution in [0.15, 0.2) is 83.8 Å². The maximum Gasteiger partial charge on any atom is 0.251 e. The topological polar surface area (TPSA) is 66.5 Å². The Balaban J connectivity index is 1.69. The number of nitrogens with one attached hydrogen (secondary N) is 1. The number of benzene rings is 3. The van der Waals surface area contributed by atoms with E-state index in [1.54, 1.807) is 48.5 Å². The summed E-state index contributed by atoms with van der Waals surface area (Å²) in [5.41, 5.74) is 3.41. The van der Waals surface area contributed by atoms with Crippen LogP contribution >= 0.6 is 0 Å². The molecule has 162 valence electrons. The van der Waals surface area contributed by atoms with Gasteiger partial charge in [-0.15, -0.1) is 0 Å². The zero-order chi connectivity index (χ0) is 22.4. The monoisotopic (exact) mass is 436 g/mol. The van der Waals surface area contributed by atoms with E-state index in [2.05, 4.69) is 5.32 Å². The van der Waals surface area contributed by atoms with Crippen LogP contribution in [0.25, 0.3) is 0 Å². The van der Waals surface area contributed by atoms with Crippen LogP contribution in [0.1, 0.15) is 46.9 Å². The van der Waals surface area contributed by atoms with Gasteiger partial charge in [-0.25, -0.2) is 8.42 Å². The number of rotatable bonds is 8. The third-order valence-electron chi connectivity index (χ3n) is 5.23. The van der Waals surface area contributed by atoms with Crippen molar-refractivity contribution < 1.29 is 13.2 Å². The molecule has 3 aromatic carbocycles. The molecule has 0 saturated heterocycles. The standard InChI is InChI=1S/C25H28N2O3S/c1-4-27(31(29,30)24-16-10-19(2)11-17-24)18-21-12-14-23(15-13-21)25(28)26-20(3)22-8-6-5-7-9-22/h5-17,20H,4,18H2,1-3H3,(H,26,28)/t20-/m1/s1. The first-order chi connectivity index (χ1) is 14.8. The Hall–Kier alpha value is -2.96. The Kier molecular flexibility index (Phi) is 7.25. The predicted molar refractivity (Wildman–Crippen MR) is 123 cm³/mol. The van der Waals surface area contributed by atoms with Gasteiger partial charge in [0.25, 0.3) is 5.91 Å². The summed E-state index contributed by atoms with van der Waals surface area (Å²) in [6.45, 7) is 6.28. The zero-order valence-electron chi connectivity index (χ0n) is 18.1. The maximum atomic E-state index is 13.0. The molecule has 0 fully saturated rings. The van der Waals surface area contributed by atoms with Gasteiger partial charge in [0.15, 0.2) is 0 Å². The number of amides is 1. The molecule has 0 spiro atoms. The van der Waals surface area contributed by atoms with E-state index in [4.69, 9.17) is 0 Å². The van der Waals surface area contributed by atoms with Crippen molar-refractivity contribution in [2.75, 3.05) is 6.54 Å². The van der Waals surface area contributed by atoms with Gasteiger partial charge in [-0.2, -0.15) is 4.31 Å². The average Bonchev–Trinajstić information content (AvgIpc) is 2.78. The molecule has 31 heavy (non-hydrogen) atoms. The van der Waals surface area contributed by atoms with Gasteiger partial charge in [-0.05, 0) is 49.2 Å². The van der Waals surface area contributed by atoms with E-state index in [9.17, 15) is 13.2 Å². The first-order valence-electron chi connectivity index (χ1n) is 10.3. The molecule has 0 bridgehead atoms. The van der Waals surface area contributed by atoms with Gasteiger partial charge in [-0.3, -0.25) is 4.79 Å². The van der Waals surface area contributed by atoms with Crippen molar-refractivity contribution in [2.45, 2.75) is 38.3 Å². The van der Waals surface area contributed by atoms with Crippen LogP contribution in [-0.4, -0.2) is 25.2 Å². The molecule has 3 rings (SSSR count). The fourth-order valence-corrected chi connectivity index (χ4v) is 4.73. The quantitative estimate of drug-likeness (QED) is 0.557. The highest BCUT2D eigenvalue weighted by atomic mass is 32.2. The molecule has 6 heteroatoms. The summed E-state index contributed by atoms with van der Waals surface area (Å²) in [6, 6.07) is 23.6. The van der Waals surface area contributed by atoms with Crippen molar-refractivity contribution in [2.24, 2.45) is 0 Å². The average molecular weight is 437 g/mol. The van der Waals surface area contributed by atoms with Crippen LogP contribution in [0, 0.1) is 6.92 Å². The number of carbonyl (C=O) groups is 1. The largest absolute Gasteiger partial charge is 0.346 e. The summed E-state index contributed by atoms with van der Waals surface area (Å²) in [7, 11) is -3.59. The minimum absolute atomic E-state index is 0.108. The van der Waals surface area contributed by atoms with Crippen LogP contribution in [-0.2, 0) is 16.6 Å². The Morgan fingerprint density at radius 3 is 2.13 bits per heavy atom. The molecule has 0 radical (unpaired) electrons. The molecule has 0 unspecified atom stereocenters. The summed E-state index contributed by atoms with van der Waals surface area (Å²) in [4.78, 5) is 12.9. The molecule has 0 heterocycles. The van der Waals surface area contributed by atoms with Crippen molar-refractivity contribution in [3.8, 4) is 0 Å². The SMILES string of the molecule is CCN(Cc1ccc(C(=O)N[C@H](C)c2ccccc2)cc1)S(=O)(=O)c1ccc(C)cc1. The zero-order valence-corrected chi connectivity index (χ0v) is 18.9. The van der Waals surface area contributed by atoms with E-state index in [0.29, 0.717) is 12.1 Å². The lowest BCUT2D eigenvalue weighted by Gasteiger charge is -2.21. The number of carbonyl (C=O) groups excluding carboxylic acids is 1. The second-order valence-corrected chi connectivity index (χ2v) is 9.48. The Bertz CT molecular complexity index is 1110. The third kappa shape index (κ3) is 5.60.